The molecule has 32 heavy (non-hydrogen) atoms. The van der Waals surface area contributed by atoms with Gasteiger partial charge in [-0.25, -0.2) is 18.8 Å². The van der Waals surface area contributed by atoms with Gasteiger partial charge in [-0.1, -0.05) is 30.3 Å². The molecule has 0 saturated heterocycles. The van der Waals surface area contributed by atoms with Gasteiger partial charge in [-0.15, -0.1) is 0 Å². The molecule has 1 aliphatic heterocycles. The lowest BCUT2D eigenvalue weighted by Gasteiger charge is -2.29. The van der Waals surface area contributed by atoms with Crippen molar-refractivity contribution in [2.24, 2.45) is 0 Å². The van der Waals surface area contributed by atoms with Gasteiger partial charge >= 0.3 is 18.0 Å². The SMILES string of the molecule is CCOC(=O)C1=C(COC(=O)C(C)Oc2ccc(F)cc2)NC(=O)NC1c1ccccc1. The molecule has 0 fully saturated rings. The van der Waals surface area contributed by atoms with Gasteiger partial charge in [0.25, 0.3) is 0 Å². The molecule has 1 aliphatic rings. The highest BCUT2D eigenvalue weighted by molar-refractivity contribution is 5.95. The monoisotopic (exact) mass is 442 g/mol. The topological polar surface area (TPSA) is 103 Å². The van der Waals surface area contributed by atoms with Crippen LogP contribution in [0.25, 0.3) is 0 Å². The highest BCUT2D eigenvalue weighted by Crippen LogP contribution is 2.28. The van der Waals surface area contributed by atoms with Crippen LogP contribution in [0, 0.1) is 5.82 Å². The van der Waals surface area contributed by atoms with Gasteiger partial charge < -0.3 is 24.8 Å². The van der Waals surface area contributed by atoms with Gasteiger partial charge in [0.1, 0.15) is 18.2 Å². The minimum absolute atomic E-state index is 0.114. The highest BCUT2D eigenvalue weighted by Gasteiger charge is 2.34. The summed E-state index contributed by atoms with van der Waals surface area (Å²) in [6.07, 6.45) is -1.01. The molecule has 2 aromatic carbocycles. The second kappa shape index (κ2) is 10.4. The first-order chi connectivity index (χ1) is 15.4. The number of esters is 2. The molecule has 168 valence electrons. The Bertz CT molecular complexity index is 1010. The largest absolute Gasteiger partial charge is 0.479 e. The average Bonchev–Trinajstić information content (AvgIpc) is 2.79. The number of amides is 2. The standard InChI is InChI=1S/C23H23FN2O6/c1-3-30-22(28)19-18(25-23(29)26-20(19)15-7-5-4-6-8-15)13-31-21(27)14(2)32-17-11-9-16(24)10-12-17/h4-12,14,20H,3,13H2,1-2H3,(H2,25,26,29). The number of hydrogen-bond acceptors (Lipinski definition) is 6. The van der Waals surface area contributed by atoms with E-state index in [9.17, 15) is 18.8 Å². The van der Waals surface area contributed by atoms with E-state index >= 15 is 0 Å². The summed E-state index contributed by atoms with van der Waals surface area (Å²) < 4.78 is 28.9. The second-order valence-electron chi connectivity index (χ2n) is 6.88. The molecule has 0 bridgehead atoms. The van der Waals surface area contributed by atoms with Crippen LogP contribution in [0.5, 0.6) is 5.75 Å². The molecule has 0 saturated carbocycles. The van der Waals surface area contributed by atoms with Gasteiger partial charge in [-0.05, 0) is 43.7 Å². The minimum atomic E-state index is -1.01. The van der Waals surface area contributed by atoms with Gasteiger partial charge in [0.15, 0.2) is 6.10 Å². The number of carbonyl (C=O) groups excluding carboxylic acids is 3. The Labute approximate surface area is 184 Å². The maximum Gasteiger partial charge on any atom is 0.347 e. The summed E-state index contributed by atoms with van der Waals surface area (Å²) in [6, 6.07) is 12.8. The average molecular weight is 442 g/mol. The van der Waals surface area contributed by atoms with E-state index in [1.807, 2.05) is 6.07 Å². The van der Waals surface area contributed by atoms with Crippen molar-refractivity contribution in [1.29, 1.82) is 0 Å². The van der Waals surface area contributed by atoms with Crippen LogP contribution in [0.4, 0.5) is 9.18 Å². The van der Waals surface area contributed by atoms with Crippen molar-refractivity contribution < 1.29 is 33.0 Å². The summed E-state index contributed by atoms with van der Waals surface area (Å²) in [7, 11) is 0. The summed E-state index contributed by atoms with van der Waals surface area (Å²) >= 11 is 0. The number of nitrogens with one attached hydrogen (secondary N) is 2. The molecule has 0 spiro atoms. The fraction of sp³-hybridized carbons (Fsp3) is 0.261. The fourth-order valence-corrected chi connectivity index (χ4v) is 3.10. The summed E-state index contributed by atoms with van der Waals surface area (Å²) in [5.41, 5.74) is 0.920. The summed E-state index contributed by atoms with van der Waals surface area (Å²) in [6.45, 7) is 2.90. The van der Waals surface area contributed by atoms with E-state index < -0.39 is 35.9 Å². The van der Waals surface area contributed by atoms with Crippen molar-refractivity contribution in [3.05, 3.63) is 77.2 Å². The van der Waals surface area contributed by atoms with Crippen molar-refractivity contribution in [1.82, 2.24) is 10.6 Å². The number of carbonyl (C=O) groups is 3. The van der Waals surface area contributed by atoms with Crippen LogP contribution in [0.2, 0.25) is 0 Å². The zero-order valence-corrected chi connectivity index (χ0v) is 17.6. The van der Waals surface area contributed by atoms with Crippen molar-refractivity contribution in [2.75, 3.05) is 13.2 Å². The van der Waals surface area contributed by atoms with E-state index in [0.717, 1.165) is 0 Å². The molecule has 1 heterocycles. The lowest BCUT2D eigenvalue weighted by molar-refractivity contribution is -0.150. The van der Waals surface area contributed by atoms with Crippen molar-refractivity contribution in [3.63, 3.8) is 0 Å². The molecule has 0 radical (unpaired) electrons. The van der Waals surface area contributed by atoms with E-state index in [4.69, 9.17) is 14.2 Å². The van der Waals surface area contributed by atoms with Crippen LogP contribution in [-0.2, 0) is 19.1 Å². The van der Waals surface area contributed by atoms with Crippen LogP contribution in [-0.4, -0.2) is 37.3 Å². The lowest BCUT2D eigenvalue weighted by atomic mass is 9.95. The van der Waals surface area contributed by atoms with Gasteiger partial charge in [-0.3, -0.25) is 0 Å². The molecule has 2 unspecified atom stereocenters. The quantitative estimate of drug-likeness (QED) is 0.610. The van der Waals surface area contributed by atoms with Crippen LogP contribution in [0.1, 0.15) is 25.5 Å². The first-order valence-electron chi connectivity index (χ1n) is 10.0. The number of benzene rings is 2. The molecule has 2 atom stereocenters. The van der Waals surface area contributed by atoms with E-state index in [0.29, 0.717) is 11.3 Å². The van der Waals surface area contributed by atoms with Crippen LogP contribution in [0.15, 0.2) is 65.9 Å². The molecule has 2 amide bonds. The van der Waals surface area contributed by atoms with Crippen molar-refractivity contribution >= 4 is 18.0 Å². The molecule has 9 heteroatoms. The normalized spacial score (nSPS) is 16.5. The number of ether oxygens (including phenoxy) is 3. The Kier molecular flexibility index (Phi) is 7.43. The predicted molar refractivity (Wildman–Crippen MR) is 112 cm³/mol. The molecular weight excluding hydrogens is 419 g/mol. The molecule has 0 aliphatic carbocycles. The number of urea groups is 1. The highest BCUT2D eigenvalue weighted by atomic mass is 19.1. The van der Waals surface area contributed by atoms with Crippen molar-refractivity contribution in [2.45, 2.75) is 26.0 Å². The Balaban J connectivity index is 1.78. The zero-order chi connectivity index (χ0) is 23.1. The van der Waals surface area contributed by atoms with Gasteiger partial charge in [-0.2, -0.15) is 0 Å². The number of rotatable bonds is 8. The van der Waals surface area contributed by atoms with Crippen molar-refractivity contribution in [3.8, 4) is 5.75 Å². The summed E-state index contributed by atoms with van der Waals surface area (Å²) in [4.78, 5) is 37.3. The Hall–Kier alpha value is -3.88. The molecular formula is C23H23FN2O6. The Morgan fingerprint density at radius 1 is 1.06 bits per heavy atom. The molecule has 0 aromatic heterocycles. The van der Waals surface area contributed by atoms with Crippen LogP contribution < -0.4 is 15.4 Å². The number of hydrogen-bond donors (Lipinski definition) is 2. The van der Waals surface area contributed by atoms with Crippen LogP contribution in [0.3, 0.4) is 0 Å². The van der Waals surface area contributed by atoms with Gasteiger partial charge in [0.2, 0.25) is 0 Å². The minimum Gasteiger partial charge on any atom is -0.479 e. The maximum atomic E-state index is 13.0. The Morgan fingerprint density at radius 3 is 2.41 bits per heavy atom. The third-order valence-electron chi connectivity index (χ3n) is 4.60. The van der Waals surface area contributed by atoms with E-state index in [1.54, 1.807) is 31.2 Å². The van der Waals surface area contributed by atoms with Gasteiger partial charge in [0, 0.05) is 0 Å². The smallest absolute Gasteiger partial charge is 0.347 e. The third-order valence-corrected chi connectivity index (χ3v) is 4.60. The first kappa shape index (κ1) is 22.8. The second-order valence-corrected chi connectivity index (χ2v) is 6.88. The molecule has 8 nitrogen and oxygen atoms in total. The molecule has 2 N–H and O–H groups in total. The first-order valence-corrected chi connectivity index (χ1v) is 10.0. The summed E-state index contributed by atoms with van der Waals surface area (Å²) in [5.74, 6) is -1.51. The molecule has 3 rings (SSSR count). The third kappa shape index (κ3) is 5.63. The van der Waals surface area contributed by atoms with Crippen LogP contribution >= 0.6 is 0 Å². The van der Waals surface area contributed by atoms with E-state index in [2.05, 4.69) is 10.6 Å². The summed E-state index contributed by atoms with van der Waals surface area (Å²) in [5, 5.41) is 5.22. The van der Waals surface area contributed by atoms with E-state index in [1.165, 1.54) is 31.2 Å². The van der Waals surface area contributed by atoms with Gasteiger partial charge in [0.05, 0.1) is 23.9 Å². The number of halogens is 1. The predicted octanol–water partition coefficient (Wildman–Crippen LogP) is 3.01. The lowest BCUT2D eigenvalue weighted by Crippen LogP contribution is -2.47. The fourth-order valence-electron chi connectivity index (χ4n) is 3.10. The molecule has 2 aromatic rings. The Morgan fingerprint density at radius 2 is 1.75 bits per heavy atom. The maximum absolute atomic E-state index is 13.0. The van der Waals surface area contributed by atoms with E-state index in [-0.39, 0.29) is 24.5 Å². The zero-order valence-electron chi connectivity index (χ0n) is 17.6.